The van der Waals surface area contributed by atoms with E-state index in [-0.39, 0.29) is 5.91 Å². The van der Waals surface area contributed by atoms with Gasteiger partial charge in [0.05, 0.1) is 12.7 Å². The van der Waals surface area contributed by atoms with Crippen LogP contribution in [0.1, 0.15) is 22.8 Å². The minimum absolute atomic E-state index is 0.156. The maximum atomic E-state index is 12.4. The minimum atomic E-state index is -0.156. The molecule has 4 heteroatoms. The first kappa shape index (κ1) is 14.6. The molecule has 0 saturated carbocycles. The average Bonchev–Trinajstić information content (AvgIpc) is 2.48. The minimum Gasteiger partial charge on any atom is -0.497 e. The molecule has 1 N–H and O–H groups in total. The number of hydrogen-bond acceptors (Lipinski definition) is 2. The van der Waals surface area contributed by atoms with E-state index in [1.165, 1.54) is 0 Å². The summed E-state index contributed by atoms with van der Waals surface area (Å²) in [5, 5.41) is 2.95. The van der Waals surface area contributed by atoms with Crippen LogP contribution >= 0.6 is 15.9 Å². The molecule has 1 amide bonds. The second-order valence-electron chi connectivity index (χ2n) is 4.31. The van der Waals surface area contributed by atoms with E-state index in [0.717, 1.165) is 22.1 Å². The summed E-state index contributed by atoms with van der Waals surface area (Å²) in [6.45, 7) is 2.06. The number of ether oxygens (including phenoxy) is 1. The summed E-state index contributed by atoms with van der Waals surface area (Å²) in [6, 6.07) is 13.1. The lowest BCUT2D eigenvalue weighted by molar-refractivity contribution is 0.102. The van der Waals surface area contributed by atoms with Crippen molar-refractivity contribution in [3.05, 3.63) is 58.1 Å². The Hall–Kier alpha value is -1.81. The molecular weight excluding hydrogens is 318 g/mol. The van der Waals surface area contributed by atoms with E-state index in [1.807, 2.05) is 24.3 Å². The van der Waals surface area contributed by atoms with Gasteiger partial charge in [0.15, 0.2) is 0 Å². The number of benzene rings is 2. The third-order valence-corrected chi connectivity index (χ3v) is 3.76. The summed E-state index contributed by atoms with van der Waals surface area (Å²) in [6.07, 6.45) is 0.871. The van der Waals surface area contributed by atoms with Gasteiger partial charge in [-0.2, -0.15) is 0 Å². The van der Waals surface area contributed by atoms with Gasteiger partial charge in [-0.3, -0.25) is 4.79 Å². The molecule has 2 aromatic rings. The van der Waals surface area contributed by atoms with E-state index in [1.54, 1.807) is 25.3 Å². The van der Waals surface area contributed by atoms with Crippen LogP contribution in [0.5, 0.6) is 5.75 Å². The molecule has 2 aromatic carbocycles. The van der Waals surface area contributed by atoms with Crippen LogP contribution in [0, 0.1) is 0 Å². The molecule has 0 aliphatic carbocycles. The van der Waals surface area contributed by atoms with Crippen molar-refractivity contribution in [2.24, 2.45) is 0 Å². The molecule has 0 aliphatic heterocycles. The molecule has 0 fully saturated rings. The first-order valence-corrected chi connectivity index (χ1v) is 7.17. The number of anilines is 1. The van der Waals surface area contributed by atoms with Gasteiger partial charge >= 0.3 is 0 Å². The van der Waals surface area contributed by atoms with Gasteiger partial charge < -0.3 is 10.1 Å². The van der Waals surface area contributed by atoms with Crippen LogP contribution in [0.2, 0.25) is 0 Å². The number of aryl methyl sites for hydroxylation is 1. The van der Waals surface area contributed by atoms with E-state index in [0.29, 0.717) is 11.3 Å². The maximum Gasteiger partial charge on any atom is 0.256 e. The van der Waals surface area contributed by atoms with Gasteiger partial charge in [0.25, 0.3) is 5.91 Å². The zero-order chi connectivity index (χ0) is 14.5. The van der Waals surface area contributed by atoms with E-state index < -0.39 is 0 Å². The smallest absolute Gasteiger partial charge is 0.256 e. The van der Waals surface area contributed by atoms with Crippen molar-refractivity contribution < 1.29 is 9.53 Å². The summed E-state index contributed by atoms with van der Waals surface area (Å²) in [4.78, 5) is 12.4. The van der Waals surface area contributed by atoms with Crippen molar-refractivity contribution >= 4 is 27.5 Å². The molecule has 0 unspecified atom stereocenters. The number of halogens is 1. The molecule has 0 radical (unpaired) electrons. The van der Waals surface area contributed by atoms with Crippen molar-refractivity contribution in [1.29, 1.82) is 0 Å². The van der Waals surface area contributed by atoms with Crippen LogP contribution in [0.25, 0.3) is 0 Å². The molecule has 2 rings (SSSR count). The van der Waals surface area contributed by atoms with Gasteiger partial charge in [0.1, 0.15) is 5.75 Å². The molecule has 0 spiro atoms. The fraction of sp³-hybridized carbons (Fsp3) is 0.188. The summed E-state index contributed by atoms with van der Waals surface area (Å²) < 4.78 is 5.89. The van der Waals surface area contributed by atoms with Gasteiger partial charge in [0, 0.05) is 10.2 Å². The number of rotatable bonds is 4. The van der Waals surface area contributed by atoms with Gasteiger partial charge in [-0.25, -0.2) is 0 Å². The molecule has 0 atom stereocenters. The highest BCUT2D eigenvalue weighted by molar-refractivity contribution is 9.10. The van der Waals surface area contributed by atoms with Gasteiger partial charge in [-0.1, -0.05) is 25.1 Å². The van der Waals surface area contributed by atoms with Crippen LogP contribution in [-0.4, -0.2) is 13.0 Å². The van der Waals surface area contributed by atoms with Crippen LogP contribution in [0.15, 0.2) is 46.9 Å². The number of carbonyl (C=O) groups excluding carboxylic acids is 1. The van der Waals surface area contributed by atoms with Crippen molar-refractivity contribution in [2.75, 3.05) is 12.4 Å². The monoisotopic (exact) mass is 333 g/mol. The SMILES string of the molecule is CCc1ccccc1NC(=O)c1cc(OC)ccc1Br. The number of methoxy groups -OCH3 is 1. The molecule has 104 valence electrons. The summed E-state index contributed by atoms with van der Waals surface area (Å²) >= 11 is 3.39. The highest BCUT2D eigenvalue weighted by Crippen LogP contribution is 2.24. The Morgan fingerprint density at radius 3 is 2.70 bits per heavy atom. The molecule has 0 aliphatic rings. The van der Waals surface area contributed by atoms with Gasteiger partial charge in [-0.15, -0.1) is 0 Å². The number of hydrogen-bond donors (Lipinski definition) is 1. The molecule has 0 saturated heterocycles. The number of carbonyl (C=O) groups is 1. The van der Waals surface area contributed by atoms with Crippen molar-refractivity contribution in [3.63, 3.8) is 0 Å². The van der Waals surface area contributed by atoms with Crippen molar-refractivity contribution in [2.45, 2.75) is 13.3 Å². The Kier molecular flexibility index (Phi) is 4.79. The van der Waals surface area contributed by atoms with E-state index in [2.05, 4.69) is 28.2 Å². The summed E-state index contributed by atoms with van der Waals surface area (Å²) in [5.74, 6) is 0.499. The first-order valence-electron chi connectivity index (χ1n) is 6.38. The highest BCUT2D eigenvalue weighted by atomic mass is 79.9. The van der Waals surface area contributed by atoms with E-state index in [4.69, 9.17) is 4.74 Å². The standard InChI is InChI=1S/C16H16BrNO2/c1-3-11-6-4-5-7-15(11)18-16(19)13-10-12(20-2)8-9-14(13)17/h4-10H,3H2,1-2H3,(H,18,19). The lowest BCUT2D eigenvalue weighted by Gasteiger charge is -2.11. The Morgan fingerprint density at radius 2 is 2.00 bits per heavy atom. The Morgan fingerprint density at radius 1 is 1.25 bits per heavy atom. The summed E-state index contributed by atoms with van der Waals surface area (Å²) in [7, 11) is 1.58. The van der Waals surface area contributed by atoms with Gasteiger partial charge in [0.2, 0.25) is 0 Å². The quantitative estimate of drug-likeness (QED) is 0.907. The molecular formula is C16H16BrNO2. The van der Waals surface area contributed by atoms with Gasteiger partial charge in [-0.05, 0) is 52.2 Å². The number of para-hydroxylation sites is 1. The topological polar surface area (TPSA) is 38.3 Å². The predicted molar refractivity (Wildman–Crippen MR) is 84.5 cm³/mol. The largest absolute Gasteiger partial charge is 0.497 e. The zero-order valence-electron chi connectivity index (χ0n) is 11.4. The highest BCUT2D eigenvalue weighted by Gasteiger charge is 2.12. The van der Waals surface area contributed by atoms with Crippen LogP contribution in [-0.2, 0) is 6.42 Å². The predicted octanol–water partition coefficient (Wildman–Crippen LogP) is 4.27. The Bertz CT molecular complexity index is 626. The average molecular weight is 334 g/mol. The third kappa shape index (κ3) is 3.20. The lowest BCUT2D eigenvalue weighted by Crippen LogP contribution is -2.14. The van der Waals surface area contributed by atoms with Crippen LogP contribution in [0.3, 0.4) is 0 Å². The Balaban J connectivity index is 2.28. The van der Waals surface area contributed by atoms with Crippen LogP contribution in [0.4, 0.5) is 5.69 Å². The fourth-order valence-electron chi connectivity index (χ4n) is 1.95. The first-order chi connectivity index (χ1) is 9.65. The zero-order valence-corrected chi connectivity index (χ0v) is 13.0. The molecule has 0 heterocycles. The normalized spacial score (nSPS) is 10.2. The lowest BCUT2D eigenvalue weighted by atomic mass is 10.1. The number of amides is 1. The van der Waals surface area contributed by atoms with Crippen molar-refractivity contribution in [1.82, 2.24) is 0 Å². The van der Waals surface area contributed by atoms with Crippen LogP contribution < -0.4 is 10.1 Å². The Labute approximate surface area is 127 Å². The molecule has 3 nitrogen and oxygen atoms in total. The molecule has 0 aromatic heterocycles. The van der Waals surface area contributed by atoms with E-state index >= 15 is 0 Å². The molecule has 20 heavy (non-hydrogen) atoms. The fourth-order valence-corrected chi connectivity index (χ4v) is 2.37. The second kappa shape index (κ2) is 6.57. The number of nitrogens with one attached hydrogen (secondary N) is 1. The second-order valence-corrected chi connectivity index (χ2v) is 5.16. The molecule has 0 bridgehead atoms. The summed E-state index contributed by atoms with van der Waals surface area (Å²) in [5.41, 5.74) is 2.50. The third-order valence-electron chi connectivity index (χ3n) is 3.06. The maximum absolute atomic E-state index is 12.4. The van der Waals surface area contributed by atoms with E-state index in [9.17, 15) is 4.79 Å². The van der Waals surface area contributed by atoms with Crippen molar-refractivity contribution in [3.8, 4) is 5.75 Å².